The fraction of sp³-hybridized carbons (Fsp3) is 0.650. The smallest absolute Gasteiger partial charge is 0.144 e. The van der Waals surface area contributed by atoms with E-state index in [1.807, 2.05) is 37.3 Å². The summed E-state index contributed by atoms with van der Waals surface area (Å²) in [6.07, 6.45) is 6.64. The van der Waals surface area contributed by atoms with Gasteiger partial charge in [0, 0.05) is 11.3 Å². The van der Waals surface area contributed by atoms with E-state index in [1.165, 1.54) is 19.3 Å². The molecule has 4 aliphatic rings. The molecular formula is C20H26O2. The second-order valence-electron chi connectivity index (χ2n) is 8.21. The summed E-state index contributed by atoms with van der Waals surface area (Å²) in [5.74, 6) is 2.37. The van der Waals surface area contributed by atoms with Crippen molar-refractivity contribution in [3.05, 3.63) is 35.9 Å². The van der Waals surface area contributed by atoms with Gasteiger partial charge in [-0.25, -0.2) is 0 Å². The molecule has 1 aromatic carbocycles. The van der Waals surface area contributed by atoms with E-state index in [4.69, 9.17) is 0 Å². The zero-order valence-electron chi connectivity index (χ0n) is 13.4. The Labute approximate surface area is 132 Å². The highest BCUT2D eigenvalue weighted by atomic mass is 16.3. The molecular weight excluding hydrogens is 272 g/mol. The molecule has 118 valence electrons. The number of hydrogen-bond donors (Lipinski definition) is 1. The molecule has 0 spiro atoms. The van der Waals surface area contributed by atoms with Crippen LogP contribution in [0.5, 0.6) is 0 Å². The predicted octanol–water partition coefficient (Wildman–Crippen LogP) is 4.14. The van der Waals surface area contributed by atoms with Crippen molar-refractivity contribution in [3.8, 4) is 0 Å². The largest absolute Gasteiger partial charge is 0.388 e. The van der Waals surface area contributed by atoms with E-state index < -0.39 is 6.10 Å². The van der Waals surface area contributed by atoms with E-state index in [0.29, 0.717) is 5.78 Å². The summed E-state index contributed by atoms with van der Waals surface area (Å²) in [4.78, 5) is 13.3. The van der Waals surface area contributed by atoms with Crippen LogP contribution in [0.4, 0.5) is 0 Å². The molecule has 2 heteroatoms. The minimum atomic E-state index is -0.665. The topological polar surface area (TPSA) is 37.3 Å². The zero-order valence-corrected chi connectivity index (χ0v) is 13.4. The Balaban J connectivity index is 1.56. The first-order chi connectivity index (χ1) is 10.6. The van der Waals surface area contributed by atoms with E-state index >= 15 is 0 Å². The van der Waals surface area contributed by atoms with Crippen molar-refractivity contribution >= 4 is 5.78 Å². The molecule has 22 heavy (non-hydrogen) atoms. The van der Waals surface area contributed by atoms with Gasteiger partial charge in [0.2, 0.25) is 0 Å². The molecule has 4 aliphatic carbocycles. The van der Waals surface area contributed by atoms with Crippen molar-refractivity contribution in [1.29, 1.82) is 0 Å². The normalized spacial score (nSPS) is 38.7. The molecule has 0 unspecified atom stereocenters. The molecule has 0 amide bonds. The van der Waals surface area contributed by atoms with Crippen molar-refractivity contribution in [2.75, 3.05) is 0 Å². The number of ketones is 1. The molecule has 0 saturated heterocycles. The van der Waals surface area contributed by atoms with Gasteiger partial charge in [-0.2, -0.15) is 0 Å². The number of aliphatic hydroxyl groups excluding tert-OH is 1. The fourth-order valence-electron chi connectivity index (χ4n) is 5.98. The Morgan fingerprint density at radius 1 is 1.05 bits per heavy atom. The van der Waals surface area contributed by atoms with E-state index in [9.17, 15) is 9.90 Å². The number of carbonyl (C=O) groups excluding carboxylic acids is 1. The van der Waals surface area contributed by atoms with E-state index in [1.54, 1.807) is 0 Å². The lowest BCUT2D eigenvalue weighted by atomic mass is 9.47. The summed E-state index contributed by atoms with van der Waals surface area (Å²) < 4.78 is 0. The number of Topliss-reactive ketones (excluding diaryl/α,β-unsaturated/α-hetero) is 1. The standard InChI is InChI=1S/C20H26O2/c1-13(18(21)17-5-3-2-4-6-17)19(22)20-10-14-7-15(11-20)9-16(8-14)12-20/h2-6,13-16,18,21H,7-12H2,1H3/t13-,14?,15?,16?,18+,20?/m0/s1. The van der Waals surface area contributed by atoms with Crippen molar-refractivity contribution in [3.63, 3.8) is 0 Å². The molecule has 0 radical (unpaired) electrons. The number of rotatable bonds is 4. The molecule has 4 fully saturated rings. The highest BCUT2D eigenvalue weighted by Crippen LogP contribution is 2.61. The van der Waals surface area contributed by atoms with Crippen LogP contribution in [0.15, 0.2) is 30.3 Å². The Hall–Kier alpha value is -1.15. The lowest BCUT2D eigenvalue weighted by Crippen LogP contribution is -2.51. The summed E-state index contributed by atoms with van der Waals surface area (Å²) >= 11 is 0. The second-order valence-corrected chi connectivity index (χ2v) is 8.21. The Morgan fingerprint density at radius 3 is 2.05 bits per heavy atom. The third kappa shape index (κ3) is 2.23. The maximum absolute atomic E-state index is 13.3. The lowest BCUT2D eigenvalue weighted by Gasteiger charge is -2.56. The average molecular weight is 298 g/mol. The van der Waals surface area contributed by atoms with E-state index in [2.05, 4.69) is 0 Å². The van der Waals surface area contributed by atoms with Crippen molar-refractivity contribution in [2.24, 2.45) is 29.1 Å². The SMILES string of the molecule is C[C@H](C(=O)C12CC3CC(CC(C3)C1)C2)[C@@H](O)c1ccccc1. The van der Waals surface area contributed by atoms with Gasteiger partial charge in [0.05, 0.1) is 6.10 Å². The van der Waals surface area contributed by atoms with Crippen molar-refractivity contribution in [1.82, 2.24) is 0 Å². The van der Waals surface area contributed by atoms with Crippen LogP contribution < -0.4 is 0 Å². The Kier molecular flexibility index (Phi) is 3.41. The van der Waals surface area contributed by atoms with Crippen LogP contribution in [0.3, 0.4) is 0 Å². The molecule has 0 aromatic heterocycles. The summed E-state index contributed by atoms with van der Waals surface area (Å²) in [6.45, 7) is 1.93. The number of benzene rings is 1. The van der Waals surface area contributed by atoms with Gasteiger partial charge in [-0.1, -0.05) is 37.3 Å². The summed E-state index contributed by atoms with van der Waals surface area (Å²) in [5, 5.41) is 10.6. The maximum Gasteiger partial charge on any atom is 0.144 e. The highest BCUT2D eigenvalue weighted by molar-refractivity contribution is 5.88. The van der Waals surface area contributed by atoms with Gasteiger partial charge < -0.3 is 5.11 Å². The first kappa shape index (κ1) is 14.4. The minimum absolute atomic E-state index is 0.107. The molecule has 0 heterocycles. The summed E-state index contributed by atoms with van der Waals surface area (Å²) in [6, 6.07) is 9.66. The van der Waals surface area contributed by atoms with E-state index in [0.717, 1.165) is 42.6 Å². The minimum Gasteiger partial charge on any atom is -0.388 e. The molecule has 4 saturated carbocycles. The lowest BCUT2D eigenvalue weighted by molar-refractivity contribution is -0.151. The maximum atomic E-state index is 13.3. The third-order valence-corrected chi connectivity index (χ3v) is 6.59. The molecule has 2 atom stereocenters. The zero-order chi connectivity index (χ0) is 15.3. The van der Waals surface area contributed by atoms with Gasteiger partial charge in [-0.3, -0.25) is 4.79 Å². The molecule has 1 N–H and O–H groups in total. The first-order valence-corrected chi connectivity index (χ1v) is 8.85. The summed E-state index contributed by atoms with van der Waals surface area (Å²) in [5.41, 5.74) is 0.761. The van der Waals surface area contributed by atoms with Gasteiger partial charge in [-0.15, -0.1) is 0 Å². The van der Waals surface area contributed by atoms with Gasteiger partial charge >= 0.3 is 0 Å². The van der Waals surface area contributed by atoms with Gasteiger partial charge in [0.15, 0.2) is 0 Å². The van der Waals surface area contributed by atoms with E-state index in [-0.39, 0.29) is 11.3 Å². The fourth-order valence-corrected chi connectivity index (χ4v) is 5.98. The third-order valence-electron chi connectivity index (χ3n) is 6.59. The van der Waals surface area contributed by atoms with Crippen molar-refractivity contribution in [2.45, 2.75) is 51.6 Å². The Morgan fingerprint density at radius 2 is 1.55 bits per heavy atom. The molecule has 1 aromatic rings. The van der Waals surface area contributed by atoms with Crippen LogP contribution in [0.1, 0.15) is 57.1 Å². The number of aliphatic hydroxyl groups is 1. The first-order valence-electron chi connectivity index (χ1n) is 8.85. The Bertz CT molecular complexity index is 527. The molecule has 2 nitrogen and oxygen atoms in total. The number of hydrogen-bond acceptors (Lipinski definition) is 2. The van der Waals surface area contributed by atoms with Crippen LogP contribution in [-0.4, -0.2) is 10.9 Å². The highest BCUT2D eigenvalue weighted by Gasteiger charge is 2.55. The molecule has 5 rings (SSSR count). The average Bonchev–Trinajstić information content (AvgIpc) is 2.52. The van der Waals surface area contributed by atoms with Gasteiger partial charge in [0.1, 0.15) is 5.78 Å². The monoisotopic (exact) mass is 298 g/mol. The predicted molar refractivity (Wildman–Crippen MR) is 86.2 cm³/mol. The van der Waals surface area contributed by atoms with Crippen LogP contribution in [0.2, 0.25) is 0 Å². The van der Waals surface area contributed by atoms with Gasteiger partial charge in [-0.05, 0) is 61.8 Å². The van der Waals surface area contributed by atoms with Crippen LogP contribution in [-0.2, 0) is 4.79 Å². The van der Waals surface area contributed by atoms with Crippen molar-refractivity contribution < 1.29 is 9.90 Å². The quantitative estimate of drug-likeness (QED) is 0.907. The van der Waals surface area contributed by atoms with Crippen LogP contribution in [0.25, 0.3) is 0 Å². The van der Waals surface area contributed by atoms with Crippen LogP contribution in [0, 0.1) is 29.1 Å². The molecule has 4 bridgehead atoms. The molecule has 0 aliphatic heterocycles. The van der Waals surface area contributed by atoms with Crippen LogP contribution >= 0.6 is 0 Å². The summed E-state index contributed by atoms with van der Waals surface area (Å²) in [7, 11) is 0. The van der Waals surface area contributed by atoms with Gasteiger partial charge in [0.25, 0.3) is 0 Å². The number of carbonyl (C=O) groups is 1. The second kappa shape index (κ2) is 5.19.